The Morgan fingerprint density at radius 1 is 1.47 bits per heavy atom. The lowest BCUT2D eigenvalue weighted by atomic mass is 10.3. The third-order valence-electron chi connectivity index (χ3n) is 2.46. The summed E-state index contributed by atoms with van der Waals surface area (Å²) in [5, 5.41) is 5.94. The zero-order chi connectivity index (χ0) is 12.3. The van der Waals surface area contributed by atoms with Gasteiger partial charge in [-0.25, -0.2) is 9.97 Å². The minimum absolute atomic E-state index is 0.0535. The smallest absolute Gasteiger partial charge is 0.244 e. The summed E-state index contributed by atoms with van der Waals surface area (Å²) in [6.07, 6.45) is 0. The van der Waals surface area contributed by atoms with Crippen LogP contribution in [0.15, 0.2) is 6.07 Å². The maximum absolute atomic E-state index is 11.9. The largest absolute Gasteiger partial charge is 0.304 e. The zero-order valence-corrected chi connectivity index (χ0v) is 10.8. The molecular formula is C11H16N4OS. The molecule has 5 nitrogen and oxygen atoms in total. The van der Waals surface area contributed by atoms with Crippen LogP contribution in [0.25, 0.3) is 0 Å². The molecule has 92 valence electrons. The van der Waals surface area contributed by atoms with Gasteiger partial charge in [0.1, 0.15) is 0 Å². The van der Waals surface area contributed by atoms with Crippen LogP contribution in [-0.4, -0.2) is 40.0 Å². The molecule has 1 aliphatic heterocycles. The van der Waals surface area contributed by atoms with Crippen molar-refractivity contribution in [2.45, 2.75) is 19.9 Å². The number of aryl methyl sites for hydroxylation is 2. The quantitative estimate of drug-likeness (QED) is 0.812. The summed E-state index contributed by atoms with van der Waals surface area (Å²) in [5.41, 5.74) is 1.72. The molecule has 1 aromatic heterocycles. The molecule has 1 saturated heterocycles. The number of hydrogen-bond donors (Lipinski definition) is 2. The Hall–Kier alpha value is -1.14. The molecule has 0 radical (unpaired) electrons. The van der Waals surface area contributed by atoms with Crippen molar-refractivity contribution in [3.05, 3.63) is 17.5 Å². The average molecular weight is 252 g/mol. The summed E-state index contributed by atoms with van der Waals surface area (Å²) in [6, 6.07) is 1.74. The second kappa shape index (κ2) is 5.46. The van der Waals surface area contributed by atoms with Crippen LogP contribution in [-0.2, 0) is 4.79 Å². The number of hydrogen-bond acceptors (Lipinski definition) is 5. The number of thioether (sulfide) groups is 1. The molecular weight excluding hydrogens is 236 g/mol. The number of rotatable bonds is 2. The van der Waals surface area contributed by atoms with Crippen molar-refractivity contribution in [1.82, 2.24) is 15.3 Å². The number of carbonyl (C=O) groups is 1. The Balaban J connectivity index is 2.01. The standard InChI is InChI=1S/C11H16N4OS/c1-7-5-8(2)14-11(13-7)15-10(16)9-6-17-4-3-12-9/h5,9,12H,3-4,6H2,1-2H3,(H,13,14,15,16). The summed E-state index contributed by atoms with van der Waals surface area (Å²) in [4.78, 5) is 20.3. The molecule has 2 rings (SSSR count). The first-order valence-electron chi connectivity index (χ1n) is 5.59. The third kappa shape index (κ3) is 3.41. The molecule has 1 aromatic rings. The Morgan fingerprint density at radius 2 is 2.18 bits per heavy atom. The highest BCUT2D eigenvalue weighted by molar-refractivity contribution is 7.99. The summed E-state index contributed by atoms with van der Waals surface area (Å²) in [5.74, 6) is 2.20. The minimum atomic E-state index is -0.141. The number of nitrogens with zero attached hydrogens (tertiary/aromatic N) is 2. The predicted octanol–water partition coefficient (Wildman–Crippen LogP) is 0.737. The van der Waals surface area contributed by atoms with E-state index in [1.165, 1.54) is 0 Å². The van der Waals surface area contributed by atoms with E-state index in [4.69, 9.17) is 0 Å². The maximum atomic E-state index is 11.9. The van der Waals surface area contributed by atoms with E-state index in [-0.39, 0.29) is 11.9 Å². The van der Waals surface area contributed by atoms with Gasteiger partial charge in [-0.15, -0.1) is 0 Å². The molecule has 0 bridgehead atoms. The summed E-state index contributed by atoms with van der Waals surface area (Å²) >= 11 is 1.78. The van der Waals surface area contributed by atoms with E-state index >= 15 is 0 Å². The van der Waals surface area contributed by atoms with Crippen LogP contribution in [0, 0.1) is 13.8 Å². The van der Waals surface area contributed by atoms with Crippen LogP contribution in [0.4, 0.5) is 5.95 Å². The van der Waals surface area contributed by atoms with Crippen LogP contribution in [0.1, 0.15) is 11.4 Å². The van der Waals surface area contributed by atoms with E-state index in [1.807, 2.05) is 19.9 Å². The minimum Gasteiger partial charge on any atom is -0.304 e. The molecule has 0 saturated carbocycles. The van der Waals surface area contributed by atoms with Crippen molar-refractivity contribution in [1.29, 1.82) is 0 Å². The van der Waals surface area contributed by atoms with Crippen molar-refractivity contribution in [3.8, 4) is 0 Å². The lowest BCUT2D eigenvalue weighted by Crippen LogP contribution is -2.46. The number of nitrogens with one attached hydrogen (secondary N) is 2. The third-order valence-corrected chi connectivity index (χ3v) is 3.52. The number of aromatic nitrogens is 2. The first kappa shape index (κ1) is 12.3. The molecule has 17 heavy (non-hydrogen) atoms. The normalized spacial score (nSPS) is 20.0. The Labute approximate surface area is 105 Å². The molecule has 0 aromatic carbocycles. The molecule has 1 fully saturated rings. The van der Waals surface area contributed by atoms with Crippen molar-refractivity contribution in [2.24, 2.45) is 0 Å². The van der Waals surface area contributed by atoms with Gasteiger partial charge in [-0.2, -0.15) is 11.8 Å². The van der Waals surface area contributed by atoms with E-state index in [0.29, 0.717) is 5.95 Å². The van der Waals surface area contributed by atoms with Gasteiger partial charge in [-0.3, -0.25) is 10.1 Å². The van der Waals surface area contributed by atoms with Crippen molar-refractivity contribution in [2.75, 3.05) is 23.4 Å². The van der Waals surface area contributed by atoms with Crippen molar-refractivity contribution in [3.63, 3.8) is 0 Å². The molecule has 0 aliphatic carbocycles. The number of carbonyl (C=O) groups excluding carboxylic acids is 1. The van der Waals surface area contributed by atoms with Crippen LogP contribution in [0.5, 0.6) is 0 Å². The Kier molecular flexibility index (Phi) is 3.96. The average Bonchev–Trinajstić information content (AvgIpc) is 2.28. The van der Waals surface area contributed by atoms with Crippen LogP contribution in [0.3, 0.4) is 0 Å². The highest BCUT2D eigenvalue weighted by atomic mass is 32.2. The zero-order valence-electron chi connectivity index (χ0n) is 9.99. The fourth-order valence-electron chi connectivity index (χ4n) is 1.71. The first-order valence-corrected chi connectivity index (χ1v) is 6.75. The monoisotopic (exact) mass is 252 g/mol. The summed E-state index contributed by atoms with van der Waals surface area (Å²) in [7, 11) is 0. The van der Waals surface area contributed by atoms with Gasteiger partial charge < -0.3 is 5.32 Å². The van der Waals surface area contributed by atoms with E-state index in [2.05, 4.69) is 20.6 Å². The SMILES string of the molecule is Cc1cc(C)nc(NC(=O)C2CSCCN2)n1. The Bertz CT molecular complexity index is 398. The van der Waals surface area contributed by atoms with Gasteiger partial charge in [-0.05, 0) is 19.9 Å². The second-order valence-corrected chi connectivity index (χ2v) is 5.20. The lowest BCUT2D eigenvalue weighted by molar-refractivity contribution is -0.117. The van der Waals surface area contributed by atoms with Gasteiger partial charge in [0.15, 0.2) is 0 Å². The molecule has 0 spiro atoms. The van der Waals surface area contributed by atoms with Crippen molar-refractivity contribution >= 4 is 23.6 Å². The maximum Gasteiger partial charge on any atom is 0.244 e. The second-order valence-electron chi connectivity index (χ2n) is 4.05. The molecule has 1 aliphatic rings. The highest BCUT2D eigenvalue weighted by Crippen LogP contribution is 2.10. The summed E-state index contributed by atoms with van der Waals surface area (Å²) in [6.45, 7) is 4.65. The van der Waals surface area contributed by atoms with Gasteiger partial charge in [0.2, 0.25) is 11.9 Å². The van der Waals surface area contributed by atoms with Crippen molar-refractivity contribution < 1.29 is 4.79 Å². The van der Waals surface area contributed by atoms with E-state index in [1.54, 1.807) is 11.8 Å². The molecule has 1 amide bonds. The predicted molar refractivity (Wildman–Crippen MR) is 69.3 cm³/mol. The number of amides is 1. The molecule has 1 atom stereocenters. The van der Waals surface area contributed by atoms with Gasteiger partial charge in [0.25, 0.3) is 0 Å². The van der Waals surface area contributed by atoms with Gasteiger partial charge in [0.05, 0.1) is 6.04 Å². The summed E-state index contributed by atoms with van der Waals surface area (Å²) < 4.78 is 0. The van der Waals surface area contributed by atoms with Crippen LogP contribution < -0.4 is 10.6 Å². The van der Waals surface area contributed by atoms with Gasteiger partial charge >= 0.3 is 0 Å². The van der Waals surface area contributed by atoms with Gasteiger partial charge in [-0.1, -0.05) is 0 Å². The molecule has 2 heterocycles. The number of anilines is 1. The first-order chi connectivity index (χ1) is 8.15. The van der Waals surface area contributed by atoms with E-state index < -0.39 is 0 Å². The molecule has 1 unspecified atom stereocenters. The topological polar surface area (TPSA) is 66.9 Å². The molecule has 2 N–H and O–H groups in total. The highest BCUT2D eigenvalue weighted by Gasteiger charge is 2.21. The van der Waals surface area contributed by atoms with Crippen LogP contribution in [0.2, 0.25) is 0 Å². The molecule has 6 heteroatoms. The van der Waals surface area contributed by atoms with Gasteiger partial charge in [0, 0.05) is 29.4 Å². The Morgan fingerprint density at radius 3 is 2.76 bits per heavy atom. The van der Waals surface area contributed by atoms with E-state index in [0.717, 1.165) is 29.4 Å². The van der Waals surface area contributed by atoms with Crippen LogP contribution >= 0.6 is 11.8 Å². The fraction of sp³-hybridized carbons (Fsp3) is 0.545. The van der Waals surface area contributed by atoms with E-state index in [9.17, 15) is 4.79 Å². The lowest BCUT2D eigenvalue weighted by Gasteiger charge is -2.21. The fourth-order valence-corrected chi connectivity index (χ4v) is 2.65.